The van der Waals surface area contributed by atoms with Crippen LogP contribution in [-0.4, -0.2) is 29.3 Å². The quantitative estimate of drug-likeness (QED) is 0.849. The number of aliphatic hydroxyl groups is 1. The Morgan fingerprint density at radius 3 is 2.86 bits per heavy atom. The summed E-state index contributed by atoms with van der Waals surface area (Å²) in [5.41, 5.74) is 3.93. The van der Waals surface area contributed by atoms with Crippen molar-refractivity contribution in [1.82, 2.24) is 4.90 Å². The summed E-state index contributed by atoms with van der Waals surface area (Å²) in [7, 11) is 0. The van der Waals surface area contributed by atoms with Gasteiger partial charge in [0.05, 0.1) is 13.2 Å². The van der Waals surface area contributed by atoms with E-state index in [1.165, 1.54) is 16.7 Å². The number of benzene rings is 1. The van der Waals surface area contributed by atoms with Gasteiger partial charge in [0.2, 0.25) is 0 Å². The number of rotatable bonds is 7. The van der Waals surface area contributed by atoms with Gasteiger partial charge in [-0.15, -0.1) is 0 Å². The molecule has 1 N–H and O–H groups in total. The lowest BCUT2D eigenvalue weighted by Gasteiger charge is -2.29. The molecule has 3 nitrogen and oxygen atoms in total. The van der Waals surface area contributed by atoms with Crippen molar-refractivity contribution in [3.8, 4) is 5.75 Å². The lowest BCUT2D eigenvalue weighted by atomic mass is 10.1. The van der Waals surface area contributed by atoms with Gasteiger partial charge in [0, 0.05) is 25.6 Å². The summed E-state index contributed by atoms with van der Waals surface area (Å²) in [6.07, 6.45) is 1.96. The Morgan fingerprint density at radius 1 is 1.27 bits per heavy atom. The molecule has 0 bridgehead atoms. The van der Waals surface area contributed by atoms with E-state index in [1.54, 1.807) is 11.3 Å². The van der Waals surface area contributed by atoms with Crippen LogP contribution in [0.2, 0.25) is 0 Å². The van der Waals surface area contributed by atoms with Crippen molar-refractivity contribution in [3.63, 3.8) is 0 Å². The second kappa shape index (κ2) is 7.27. The van der Waals surface area contributed by atoms with E-state index >= 15 is 0 Å². The lowest BCUT2D eigenvalue weighted by molar-refractivity contribution is 0.107. The first kappa shape index (κ1) is 15.5. The van der Waals surface area contributed by atoms with E-state index in [4.69, 9.17) is 4.74 Å². The van der Waals surface area contributed by atoms with Gasteiger partial charge in [-0.2, -0.15) is 11.3 Å². The van der Waals surface area contributed by atoms with Crippen LogP contribution in [0, 0.1) is 0 Å². The van der Waals surface area contributed by atoms with Crippen LogP contribution in [0.25, 0.3) is 0 Å². The predicted octanol–water partition coefficient (Wildman–Crippen LogP) is 3.46. The van der Waals surface area contributed by atoms with Crippen molar-refractivity contribution in [2.45, 2.75) is 38.9 Å². The Kier molecular flexibility index (Phi) is 5.13. The second-order valence-electron chi connectivity index (χ2n) is 5.82. The Hall–Kier alpha value is -1.36. The van der Waals surface area contributed by atoms with Crippen molar-refractivity contribution in [2.75, 3.05) is 13.2 Å². The smallest absolute Gasteiger partial charge is 0.122 e. The molecule has 4 heteroatoms. The van der Waals surface area contributed by atoms with Gasteiger partial charge in [-0.05, 0) is 46.0 Å². The number of hydrogen-bond acceptors (Lipinski definition) is 4. The summed E-state index contributed by atoms with van der Waals surface area (Å²) in [4.78, 5) is 2.37. The van der Waals surface area contributed by atoms with E-state index in [0.29, 0.717) is 0 Å². The standard InChI is InChI=1S/C18H23NO2S/c1-2-17(12-20)19(11-15-6-8-22-13-15)10-14-3-4-18-16(9-14)5-7-21-18/h3-4,6,8-9,13,17,20H,2,5,7,10-12H2,1H3. The molecule has 22 heavy (non-hydrogen) atoms. The van der Waals surface area contributed by atoms with Crippen LogP contribution in [0.15, 0.2) is 35.0 Å². The molecule has 1 aliphatic heterocycles. The first-order valence-electron chi connectivity index (χ1n) is 7.90. The van der Waals surface area contributed by atoms with Crippen LogP contribution < -0.4 is 4.74 Å². The second-order valence-corrected chi connectivity index (χ2v) is 6.60. The van der Waals surface area contributed by atoms with Gasteiger partial charge in [-0.25, -0.2) is 0 Å². The maximum absolute atomic E-state index is 9.70. The predicted molar refractivity (Wildman–Crippen MR) is 90.4 cm³/mol. The van der Waals surface area contributed by atoms with E-state index in [9.17, 15) is 5.11 Å². The molecule has 0 saturated carbocycles. The van der Waals surface area contributed by atoms with Gasteiger partial charge in [0.1, 0.15) is 5.75 Å². The molecule has 0 amide bonds. The Bertz CT molecular complexity index is 593. The zero-order valence-corrected chi connectivity index (χ0v) is 13.8. The third kappa shape index (κ3) is 3.51. The summed E-state index contributed by atoms with van der Waals surface area (Å²) in [5.74, 6) is 1.03. The van der Waals surface area contributed by atoms with Crippen LogP contribution in [0.1, 0.15) is 30.0 Å². The van der Waals surface area contributed by atoms with Crippen molar-refractivity contribution in [2.24, 2.45) is 0 Å². The summed E-state index contributed by atoms with van der Waals surface area (Å²) < 4.78 is 5.58. The first-order chi connectivity index (χ1) is 10.8. The van der Waals surface area contributed by atoms with Crippen molar-refractivity contribution in [1.29, 1.82) is 0 Å². The molecule has 1 aromatic carbocycles. The monoisotopic (exact) mass is 317 g/mol. The van der Waals surface area contributed by atoms with Crippen molar-refractivity contribution in [3.05, 3.63) is 51.7 Å². The Balaban J connectivity index is 1.76. The summed E-state index contributed by atoms with van der Waals surface area (Å²) in [6.45, 7) is 4.89. The Labute approximate surface area is 136 Å². The molecule has 3 rings (SSSR count). The molecule has 0 radical (unpaired) electrons. The van der Waals surface area contributed by atoms with Crippen LogP contribution in [0.3, 0.4) is 0 Å². The van der Waals surface area contributed by atoms with Gasteiger partial charge in [0.25, 0.3) is 0 Å². The van der Waals surface area contributed by atoms with Crippen LogP contribution >= 0.6 is 11.3 Å². The molecule has 2 aromatic rings. The Morgan fingerprint density at radius 2 is 2.14 bits per heavy atom. The van der Waals surface area contributed by atoms with Gasteiger partial charge in [-0.3, -0.25) is 4.90 Å². The summed E-state index contributed by atoms with van der Waals surface area (Å²) in [5, 5.41) is 14.0. The van der Waals surface area contributed by atoms with Gasteiger partial charge in [0.15, 0.2) is 0 Å². The number of aliphatic hydroxyl groups excluding tert-OH is 1. The summed E-state index contributed by atoms with van der Waals surface area (Å²) >= 11 is 1.73. The molecule has 1 aromatic heterocycles. The number of nitrogens with zero attached hydrogens (tertiary/aromatic N) is 1. The van der Waals surface area contributed by atoms with Crippen molar-refractivity contribution < 1.29 is 9.84 Å². The molecule has 0 aliphatic carbocycles. The minimum Gasteiger partial charge on any atom is -0.493 e. The minimum atomic E-state index is 0.199. The van der Waals surface area contributed by atoms with E-state index < -0.39 is 0 Å². The maximum Gasteiger partial charge on any atom is 0.122 e. The molecule has 0 fully saturated rings. The third-order valence-corrected chi connectivity index (χ3v) is 5.04. The number of fused-ring (bicyclic) bond motifs is 1. The van der Waals surface area contributed by atoms with Gasteiger partial charge >= 0.3 is 0 Å². The topological polar surface area (TPSA) is 32.7 Å². The lowest BCUT2D eigenvalue weighted by Crippen LogP contribution is -2.36. The van der Waals surface area contributed by atoms with Gasteiger partial charge in [-0.1, -0.05) is 19.1 Å². The first-order valence-corrected chi connectivity index (χ1v) is 8.85. The van der Waals surface area contributed by atoms with Crippen LogP contribution in [0.4, 0.5) is 0 Å². The zero-order chi connectivity index (χ0) is 15.4. The minimum absolute atomic E-state index is 0.199. The van der Waals surface area contributed by atoms with E-state index in [-0.39, 0.29) is 12.6 Å². The van der Waals surface area contributed by atoms with Crippen molar-refractivity contribution >= 4 is 11.3 Å². The molecule has 0 saturated heterocycles. The molecule has 1 atom stereocenters. The van der Waals surface area contributed by atoms with E-state index in [0.717, 1.165) is 38.3 Å². The maximum atomic E-state index is 9.70. The normalized spacial score (nSPS) is 14.9. The fraction of sp³-hybridized carbons (Fsp3) is 0.444. The number of thiophene rings is 1. The highest BCUT2D eigenvalue weighted by Crippen LogP contribution is 2.27. The molecule has 1 aliphatic rings. The molecule has 2 heterocycles. The average Bonchev–Trinajstić information content (AvgIpc) is 3.19. The molecule has 0 spiro atoms. The highest BCUT2D eigenvalue weighted by Gasteiger charge is 2.19. The molecular weight excluding hydrogens is 294 g/mol. The zero-order valence-electron chi connectivity index (χ0n) is 13.0. The summed E-state index contributed by atoms with van der Waals surface area (Å²) in [6, 6.07) is 8.85. The van der Waals surface area contributed by atoms with E-state index in [1.807, 2.05) is 0 Å². The van der Waals surface area contributed by atoms with E-state index in [2.05, 4.69) is 46.8 Å². The van der Waals surface area contributed by atoms with Crippen LogP contribution in [-0.2, 0) is 19.5 Å². The average molecular weight is 317 g/mol. The SMILES string of the molecule is CCC(CO)N(Cc1ccsc1)Cc1ccc2c(c1)CCO2. The van der Waals surface area contributed by atoms with Gasteiger partial charge < -0.3 is 9.84 Å². The fourth-order valence-corrected chi connectivity index (χ4v) is 3.67. The van der Waals surface area contributed by atoms with Crippen LogP contribution in [0.5, 0.6) is 5.75 Å². The molecule has 1 unspecified atom stereocenters. The largest absolute Gasteiger partial charge is 0.493 e. The highest BCUT2D eigenvalue weighted by molar-refractivity contribution is 7.07. The molecule has 118 valence electrons. The number of hydrogen-bond donors (Lipinski definition) is 1. The highest BCUT2D eigenvalue weighted by atomic mass is 32.1. The third-order valence-electron chi connectivity index (χ3n) is 4.30. The number of ether oxygens (including phenoxy) is 1. The fourth-order valence-electron chi connectivity index (χ4n) is 3.01. The molecular formula is C18H23NO2S.